The Kier molecular flexibility index (Phi) is 6.86. The standard InChI is InChI=1S/C27H42FN5O3/c1-31-11-4-5-17(31)8-10-30-27(35)19-15-33-21-6-2-3-7-22(21)36-26-23(33)18(25(19)34)13-20(28)24(26)32-12-9-16(29)14-32/h15-18,20-24,26H,2-14,29H2,1H3,(H,30,35). The lowest BCUT2D eigenvalue weighted by atomic mass is 9.69. The van der Waals surface area contributed by atoms with Gasteiger partial charge in [0.05, 0.1) is 35.9 Å². The van der Waals surface area contributed by atoms with E-state index in [0.717, 1.165) is 58.0 Å². The molecule has 6 rings (SSSR count). The minimum atomic E-state index is -1.17. The molecular formula is C27H42FN5O3. The van der Waals surface area contributed by atoms with Crippen molar-refractivity contribution in [1.29, 1.82) is 0 Å². The van der Waals surface area contributed by atoms with E-state index in [2.05, 4.69) is 27.1 Å². The van der Waals surface area contributed by atoms with Gasteiger partial charge in [-0.25, -0.2) is 4.39 Å². The Morgan fingerprint density at radius 1 is 1.17 bits per heavy atom. The zero-order chi connectivity index (χ0) is 25.0. The highest BCUT2D eigenvalue weighted by Gasteiger charge is 2.59. The van der Waals surface area contributed by atoms with E-state index in [1.165, 1.54) is 6.42 Å². The highest BCUT2D eigenvalue weighted by molar-refractivity contribution is 6.20. The Morgan fingerprint density at radius 3 is 2.75 bits per heavy atom. The molecule has 3 saturated heterocycles. The summed E-state index contributed by atoms with van der Waals surface area (Å²) in [5.41, 5.74) is 6.38. The third-order valence-corrected chi connectivity index (χ3v) is 9.90. The Bertz CT molecular complexity index is 901. The van der Waals surface area contributed by atoms with Gasteiger partial charge in [-0.3, -0.25) is 14.5 Å². The van der Waals surface area contributed by atoms with Crippen molar-refractivity contribution in [2.24, 2.45) is 11.7 Å². The largest absolute Gasteiger partial charge is 0.369 e. The van der Waals surface area contributed by atoms with Crippen molar-refractivity contribution in [2.75, 3.05) is 33.2 Å². The smallest absolute Gasteiger partial charge is 0.256 e. The van der Waals surface area contributed by atoms with Gasteiger partial charge in [-0.15, -0.1) is 0 Å². The van der Waals surface area contributed by atoms with E-state index >= 15 is 4.39 Å². The molecule has 3 N–H and O–H groups in total. The SMILES string of the molecule is CN1CCCC1CCNC(=O)C1=CN2C3CCCCC3OC3C(N4CCC(N)C4)C(F)CC(C1=O)C32. The first-order valence-corrected chi connectivity index (χ1v) is 14.2. The number of carbonyl (C=O) groups excluding carboxylic acids is 2. The summed E-state index contributed by atoms with van der Waals surface area (Å²) in [6.45, 7) is 3.09. The number of fused-ring (bicyclic) bond motifs is 2. The van der Waals surface area contributed by atoms with Gasteiger partial charge in [-0.1, -0.05) is 12.8 Å². The molecule has 2 saturated carbocycles. The molecule has 0 aromatic heterocycles. The van der Waals surface area contributed by atoms with Crippen LogP contribution in [0.15, 0.2) is 11.8 Å². The fraction of sp³-hybridized carbons (Fsp3) is 0.852. The molecule has 0 bridgehead atoms. The Balaban J connectivity index is 1.25. The van der Waals surface area contributed by atoms with Crippen LogP contribution >= 0.6 is 0 Å². The molecule has 5 fully saturated rings. The molecule has 9 atom stereocenters. The van der Waals surface area contributed by atoms with Crippen LogP contribution in [0.5, 0.6) is 0 Å². The van der Waals surface area contributed by atoms with E-state index < -0.39 is 12.1 Å². The molecule has 4 heterocycles. The van der Waals surface area contributed by atoms with Crippen LogP contribution in [-0.4, -0.2) is 108 Å². The van der Waals surface area contributed by atoms with Crippen LogP contribution in [0.25, 0.3) is 0 Å². The average molecular weight is 504 g/mol. The van der Waals surface area contributed by atoms with Gasteiger partial charge in [-0.2, -0.15) is 0 Å². The minimum absolute atomic E-state index is 0.0105. The monoisotopic (exact) mass is 503 g/mol. The predicted octanol–water partition coefficient (Wildman–Crippen LogP) is 1.19. The average Bonchev–Trinajstić information content (AvgIpc) is 3.48. The fourth-order valence-electron chi connectivity index (χ4n) is 8.04. The summed E-state index contributed by atoms with van der Waals surface area (Å²) in [5.74, 6) is -1.07. The van der Waals surface area contributed by atoms with Crippen LogP contribution in [0, 0.1) is 5.92 Å². The number of amides is 1. The van der Waals surface area contributed by atoms with Crippen LogP contribution in [-0.2, 0) is 14.3 Å². The molecule has 8 nitrogen and oxygen atoms in total. The van der Waals surface area contributed by atoms with E-state index in [4.69, 9.17) is 10.5 Å². The first-order valence-electron chi connectivity index (χ1n) is 14.2. The lowest BCUT2D eigenvalue weighted by Crippen LogP contribution is -2.73. The van der Waals surface area contributed by atoms with Crippen molar-refractivity contribution < 1.29 is 18.7 Å². The van der Waals surface area contributed by atoms with Gasteiger partial charge in [0.2, 0.25) is 0 Å². The normalized spacial score (nSPS) is 43.2. The van der Waals surface area contributed by atoms with E-state index in [0.29, 0.717) is 19.1 Å². The number of rotatable bonds is 5. The molecule has 0 radical (unpaired) electrons. The zero-order valence-corrected chi connectivity index (χ0v) is 21.5. The summed E-state index contributed by atoms with van der Waals surface area (Å²) in [7, 11) is 2.13. The van der Waals surface area contributed by atoms with Crippen molar-refractivity contribution in [1.82, 2.24) is 20.0 Å². The Labute approximate surface area is 213 Å². The number of alkyl halides is 1. The number of carbonyl (C=O) groups is 2. The number of ether oxygens (including phenoxy) is 1. The quantitative estimate of drug-likeness (QED) is 0.545. The molecule has 0 spiro atoms. The summed E-state index contributed by atoms with van der Waals surface area (Å²) in [6.07, 6.45) is 8.63. The Morgan fingerprint density at radius 2 is 2.00 bits per heavy atom. The van der Waals surface area contributed by atoms with Crippen molar-refractivity contribution >= 4 is 11.7 Å². The molecule has 36 heavy (non-hydrogen) atoms. The number of nitrogens with one attached hydrogen (secondary N) is 1. The summed E-state index contributed by atoms with van der Waals surface area (Å²) >= 11 is 0. The maximum absolute atomic E-state index is 15.9. The van der Waals surface area contributed by atoms with Crippen LogP contribution in [0.3, 0.4) is 0 Å². The highest BCUT2D eigenvalue weighted by atomic mass is 19.1. The van der Waals surface area contributed by atoms with Gasteiger partial charge in [0, 0.05) is 43.8 Å². The topological polar surface area (TPSA) is 91.1 Å². The molecule has 6 aliphatic rings. The number of nitrogens with zero attached hydrogens (tertiary/aromatic N) is 3. The molecule has 9 heteroatoms. The molecule has 4 aliphatic heterocycles. The van der Waals surface area contributed by atoms with E-state index in [-0.39, 0.29) is 60.1 Å². The molecule has 9 unspecified atom stereocenters. The molecule has 0 aromatic carbocycles. The lowest BCUT2D eigenvalue weighted by molar-refractivity contribution is -0.209. The minimum Gasteiger partial charge on any atom is -0.369 e. The second-order valence-corrected chi connectivity index (χ2v) is 12.0. The molecular weight excluding hydrogens is 461 g/mol. The first-order chi connectivity index (χ1) is 17.4. The number of ketones is 1. The molecule has 200 valence electrons. The van der Waals surface area contributed by atoms with E-state index in [9.17, 15) is 9.59 Å². The summed E-state index contributed by atoms with van der Waals surface area (Å²) in [5, 5.41) is 3.01. The summed E-state index contributed by atoms with van der Waals surface area (Å²) < 4.78 is 22.6. The van der Waals surface area contributed by atoms with Gasteiger partial charge in [0.1, 0.15) is 6.17 Å². The number of halogens is 1. The summed E-state index contributed by atoms with van der Waals surface area (Å²) in [6, 6.07) is 0.0851. The number of hydrogen-bond acceptors (Lipinski definition) is 7. The van der Waals surface area contributed by atoms with Crippen molar-refractivity contribution in [2.45, 2.75) is 106 Å². The molecule has 2 aliphatic carbocycles. The zero-order valence-electron chi connectivity index (χ0n) is 21.5. The van der Waals surface area contributed by atoms with Crippen LogP contribution in [0.2, 0.25) is 0 Å². The van der Waals surface area contributed by atoms with Crippen molar-refractivity contribution in [3.8, 4) is 0 Å². The fourth-order valence-corrected chi connectivity index (χ4v) is 8.04. The highest BCUT2D eigenvalue weighted by Crippen LogP contribution is 2.47. The predicted molar refractivity (Wildman–Crippen MR) is 134 cm³/mol. The number of Topliss-reactive ketones (excluding diaryl/α,β-unsaturated/α-hetero) is 1. The van der Waals surface area contributed by atoms with Crippen LogP contribution in [0.4, 0.5) is 4.39 Å². The third-order valence-electron chi connectivity index (χ3n) is 9.90. The Hall–Kier alpha value is -1.55. The van der Waals surface area contributed by atoms with E-state index in [1.807, 2.05) is 6.20 Å². The lowest BCUT2D eigenvalue weighted by Gasteiger charge is -2.60. The number of nitrogens with two attached hydrogens (primary N) is 1. The number of hydrogen-bond donors (Lipinski definition) is 2. The summed E-state index contributed by atoms with van der Waals surface area (Å²) in [4.78, 5) is 33.7. The maximum atomic E-state index is 15.9. The van der Waals surface area contributed by atoms with Crippen molar-refractivity contribution in [3.05, 3.63) is 11.8 Å². The van der Waals surface area contributed by atoms with Gasteiger partial charge in [-0.05, 0) is 58.5 Å². The molecule has 0 aromatic rings. The van der Waals surface area contributed by atoms with Gasteiger partial charge >= 0.3 is 0 Å². The van der Waals surface area contributed by atoms with Crippen LogP contribution in [0.1, 0.15) is 57.8 Å². The van der Waals surface area contributed by atoms with Crippen molar-refractivity contribution in [3.63, 3.8) is 0 Å². The third kappa shape index (κ3) is 4.29. The number of likely N-dealkylation sites (tertiary alicyclic amines) is 2. The number of morpholine rings is 1. The second kappa shape index (κ2) is 9.97. The van der Waals surface area contributed by atoms with Gasteiger partial charge in [0.15, 0.2) is 5.78 Å². The van der Waals surface area contributed by atoms with Crippen LogP contribution < -0.4 is 11.1 Å². The first kappa shape index (κ1) is 24.8. The van der Waals surface area contributed by atoms with Gasteiger partial charge < -0.3 is 25.6 Å². The molecule has 1 amide bonds. The maximum Gasteiger partial charge on any atom is 0.256 e. The van der Waals surface area contributed by atoms with E-state index in [1.54, 1.807) is 0 Å². The second-order valence-electron chi connectivity index (χ2n) is 12.0. The van der Waals surface area contributed by atoms with Gasteiger partial charge in [0.25, 0.3) is 5.91 Å².